The Hall–Kier alpha value is -1.08. The smallest absolute Gasteiger partial charge is 0.0431 e. The number of rotatable bonds is 13. The van der Waals surface area contributed by atoms with Crippen LogP contribution in [0.4, 0.5) is 0 Å². The van der Waals surface area contributed by atoms with Crippen molar-refractivity contribution in [3.05, 3.63) is 41.5 Å². The second kappa shape index (κ2) is 13.6. The van der Waals surface area contributed by atoms with Gasteiger partial charge in [-0.3, -0.25) is 0 Å². The summed E-state index contributed by atoms with van der Waals surface area (Å²) < 4.78 is 0. The zero-order valence-electron chi connectivity index (χ0n) is 14.4. The van der Waals surface area contributed by atoms with Crippen molar-refractivity contribution in [3.63, 3.8) is 0 Å². The Kier molecular flexibility index (Phi) is 11.7. The topological polar surface area (TPSA) is 20.2 Å². The van der Waals surface area contributed by atoms with Crippen molar-refractivity contribution in [3.8, 4) is 0 Å². The summed E-state index contributed by atoms with van der Waals surface area (Å²) >= 11 is 0. The van der Waals surface area contributed by atoms with Gasteiger partial charge in [0.1, 0.15) is 0 Å². The van der Waals surface area contributed by atoms with Crippen molar-refractivity contribution in [1.82, 2.24) is 0 Å². The summed E-state index contributed by atoms with van der Waals surface area (Å²) in [6.45, 7) is 2.58. The molecule has 1 aromatic rings. The molecule has 0 heterocycles. The van der Waals surface area contributed by atoms with Gasteiger partial charge in [-0.2, -0.15) is 0 Å². The molecule has 1 nitrogen and oxygen atoms in total. The Bertz CT molecular complexity index is 395. The van der Waals surface area contributed by atoms with E-state index in [1.165, 1.54) is 62.5 Å². The molecule has 1 aromatic carbocycles. The number of hydrogen-bond acceptors (Lipinski definition) is 1. The summed E-state index contributed by atoms with van der Waals surface area (Å²) in [6, 6.07) is 8.77. The van der Waals surface area contributed by atoms with E-state index in [1.807, 2.05) is 0 Å². The van der Waals surface area contributed by atoms with E-state index in [0.717, 1.165) is 19.3 Å². The van der Waals surface area contributed by atoms with Crippen molar-refractivity contribution >= 4 is 6.08 Å². The van der Waals surface area contributed by atoms with Crippen molar-refractivity contribution in [1.29, 1.82) is 0 Å². The number of allylic oxidation sites excluding steroid dienone is 1. The average Bonchev–Trinajstić information content (AvgIpc) is 2.55. The Morgan fingerprint density at radius 3 is 2.36 bits per heavy atom. The molecule has 0 spiro atoms. The fourth-order valence-corrected chi connectivity index (χ4v) is 2.78. The van der Waals surface area contributed by atoms with Gasteiger partial charge >= 0.3 is 0 Å². The van der Waals surface area contributed by atoms with E-state index in [0.29, 0.717) is 6.61 Å². The molecule has 0 aliphatic carbocycles. The average molecular weight is 303 g/mol. The number of unbranched alkanes of at least 4 members (excludes halogenated alkanes) is 8. The number of aliphatic hydroxyl groups is 1. The Labute approximate surface area is 137 Å². The number of hydrogen-bond donors (Lipinski definition) is 1. The van der Waals surface area contributed by atoms with E-state index in [9.17, 15) is 0 Å². The number of aryl methyl sites for hydroxylation is 1. The molecule has 22 heavy (non-hydrogen) atoms. The molecule has 0 aromatic heterocycles. The van der Waals surface area contributed by atoms with Gasteiger partial charge in [-0.25, -0.2) is 0 Å². The number of aliphatic hydroxyl groups excluding tert-OH is 1. The maximum atomic E-state index is 8.79. The molecule has 0 fully saturated rings. The molecule has 1 N–H and O–H groups in total. The summed E-state index contributed by atoms with van der Waals surface area (Å²) in [5.41, 5.74) is 2.85. The fraction of sp³-hybridized carbons (Fsp3) is 0.619. The first-order valence-corrected chi connectivity index (χ1v) is 9.23. The molecule has 0 aliphatic rings. The first-order chi connectivity index (χ1) is 10.9. The lowest BCUT2D eigenvalue weighted by atomic mass is 9.99. The molecule has 0 aliphatic heterocycles. The standard InChI is InChI=1S/C21H34O/c1-2-3-4-5-6-7-10-15-20-17-12-13-18-21(20)16-11-8-9-14-19-22/h11-13,16-18,22H,2-10,14-15,19H2,1H3/b16-11+. The third-order valence-electron chi connectivity index (χ3n) is 4.18. The van der Waals surface area contributed by atoms with Crippen LogP contribution < -0.4 is 0 Å². The summed E-state index contributed by atoms with van der Waals surface area (Å²) in [6.07, 6.45) is 18.3. The van der Waals surface area contributed by atoms with Crippen LogP contribution in [0, 0.1) is 0 Å². The minimum Gasteiger partial charge on any atom is -0.396 e. The Morgan fingerprint density at radius 1 is 0.864 bits per heavy atom. The van der Waals surface area contributed by atoms with Gasteiger partial charge < -0.3 is 5.11 Å². The molecule has 0 saturated heterocycles. The van der Waals surface area contributed by atoms with E-state index >= 15 is 0 Å². The monoisotopic (exact) mass is 302 g/mol. The van der Waals surface area contributed by atoms with Crippen molar-refractivity contribution in [2.45, 2.75) is 77.6 Å². The van der Waals surface area contributed by atoms with Crippen LogP contribution in [0.1, 0.15) is 82.3 Å². The van der Waals surface area contributed by atoms with Crippen LogP contribution >= 0.6 is 0 Å². The SMILES string of the molecule is CCCCCCCCCc1ccccc1/C=C/CCCCO. The van der Waals surface area contributed by atoms with Crippen LogP contribution in [0.2, 0.25) is 0 Å². The first kappa shape index (κ1) is 19.0. The van der Waals surface area contributed by atoms with Gasteiger partial charge in [0.25, 0.3) is 0 Å². The van der Waals surface area contributed by atoms with Crippen LogP contribution in [0.15, 0.2) is 30.3 Å². The highest BCUT2D eigenvalue weighted by molar-refractivity contribution is 5.53. The van der Waals surface area contributed by atoms with E-state index < -0.39 is 0 Å². The third-order valence-corrected chi connectivity index (χ3v) is 4.18. The lowest BCUT2D eigenvalue weighted by Crippen LogP contribution is -1.90. The van der Waals surface area contributed by atoms with Gasteiger partial charge in [-0.1, -0.05) is 81.9 Å². The second-order valence-corrected chi connectivity index (χ2v) is 6.19. The van der Waals surface area contributed by atoms with Gasteiger partial charge in [0, 0.05) is 6.61 Å². The molecule has 0 saturated carbocycles. The zero-order valence-corrected chi connectivity index (χ0v) is 14.4. The van der Waals surface area contributed by atoms with E-state index in [-0.39, 0.29) is 0 Å². The molecule has 0 amide bonds. The second-order valence-electron chi connectivity index (χ2n) is 6.19. The maximum absolute atomic E-state index is 8.79. The molecular weight excluding hydrogens is 268 g/mol. The van der Waals surface area contributed by atoms with Gasteiger partial charge in [0.15, 0.2) is 0 Å². The molecule has 0 unspecified atom stereocenters. The summed E-state index contributed by atoms with van der Waals surface area (Å²) in [7, 11) is 0. The highest BCUT2D eigenvalue weighted by Crippen LogP contribution is 2.16. The van der Waals surface area contributed by atoms with Crippen LogP contribution in [0.5, 0.6) is 0 Å². The van der Waals surface area contributed by atoms with Crippen molar-refractivity contribution in [2.75, 3.05) is 6.61 Å². The molecule has 1 rings (SSSR count). The van der Waals surface area contributed by atoms with Crippen molar-refractivity contribution in [2.24, 2.45) is 0 Å². The molecule has 0 bridgehead atoms. The quantitative estimate of drug-likeness (QED) is 0.433. The predicted octanol–water partition coefficient (Wildman–Crippen LogP) is 6.16. The molecule has 0 atom stereocenters. The normalized spacial score (nSPS) is 11.4. The van der Waals surface area contributed by atoms with Crippen LogP contribution in [0.25, 0.3) is 6.08 Å². The largest absolute Gasteiger partial charge is 0.396 e. The van der Waals surface area contributed by atoms with Gasteiger partial charge in [-0.15, -0.1) is 0 Å². The highest BCUT2D eigenvalue weighted by atomic mass is 16.2. The van der Waals surface area contributed by atoms with E-state index in [2.05, 4.69) is 43.3 Å². The fourth-order valence-electron chi connectivity index (χ4n) is 2.78. The minimum atomic E-state index is 0.308. The van der Waals surface area contributed by atoms with Gasteiger partial charge in [-0.05, 0) is 43.2 Å². The predicted molar refractivity (Wildman–Crippen MR) is 98.1 cm³/mol. The third kappa shape index (κ3) is 9.04. The van der Waals surface area contributed by atoms with Crippen LogP contribution in [-0.2, 0) is 6.42 Å². The summed E-state index contributed by atoms with van der Waals surface area (Å²) in [5.74, 6) is 0. The van der Waals surface area contributed by atoms with E-state index in [1.54, 1.807) is 0 Å². The Morgan fingerprint density at radius 2 is 1.59 bits per heavy atom. The molecule has 0 radical (unpaired) electrons. The minimum absolute atomic E-state index is 0.308. The van der Waals surface area contributed by atoms with E-state index in [4.69, 9.17) is 5.11 Å². The summed E-state index contributed by atoms with van der Waals surface area (Å²) in [5, 5.41) is 8.79. The van der Waals surface area contributed by atoms with Gasteiger partial charge in [0.05, 0.1) is 0 Å². The molecule has 1 heteroatoms. The molecular formula is C21H34O. The number of benzene rings is 1. The maximum Gasteiger partial charge on any atom is 0.0431 e. The first-order valence-electron chi connectivity index (χ1n) is 9.23. The molecule has 124 valence electrons. The van der Waals surface area contributed by atoms with Gasteiger partial charge in [0.2, 0.25) is 0 Å². The lowest BCUT2D eigenvalue weighted by Gasteiger charge is -2.06. The van der Waals surface area contributed by atoms with Crippen molar-refractivity contribution < 1.29 is 5.11 Å². The highest BCUT2D eigenvalue weighted by Gasteiger charge is 1.99. The lowest BCUT2D eigenvalue weighted by molar-refractivity contribution is 0.285. The zero-order chi connectivity index (χ0) is 15.9. The van der Waals surface area contributed by atoms with Crippen LogP contribution in [0.3, 0.4) is 0 Å². The van der Waals surface area contributed by atoms with Crippen LogP contribution in [-0.4, -0.2) is 11.7 Å². The Balaban J connectivity index is 2.28. The summed E-state index contributed by atoms with van der Waals surface area (Å²) in [4.78, 5) is 0.